The minimum Gasteiger partial charge on any atom is -0.397 e. The van der Waals surface area contributed by atoms with Gasteiger partial charge in [-0.05, 0) is 31.9 Å². The molecule has 1 aliphatic rings. The van der Waals surface area contributed by atoms with Crippen LogP contribution in [0.1, 0.15) is 47.5 Å². The highest BCUT2D eigenvalue weighted by molar-refractivity contribution is 7.21. The number of thiophene rings is 1. The number of anilines is 1. The fourth-order valence-corrected chi connectivity index (χ4v) is 4.16. The number of fused-ring (bicyclic) bond motifs is 1. The third-order valence-corrected chi connectivity index (χ3v) is 5.47. The van der Waals surface area contributed by atoms with Crippen LogP contribution in [0, 0.1) is 6.92 Å². The number of aryl methyl sites for hydroxylation is 1. The molecule has 21 heavy (non-hydrogen) atoms. The summed E-state index contributed by atoms with van der Waals surface area (Å²) in [5, 5.41) is 0.894. The first-order valence-electron chi connectivity index (χ1n) is 7.50. The van der Waals surface area contributed by atoms with Crippen molar-refractivity contribution in [3.8, 4) is 0 Å². The van der Waals surface area contributed by atoms with E-state index in [-0.39, 0.29) is 5.91 Å². The van der Waals surface area contributed by atoms with Gasteiger partial charge in [0, 0.05) is 24.2 Å². The van der Waals surface area contributed by atoms with Gasteiger partial charge in [-0.2, -0.15) is 0 Å². The Bertz CT molecular complexity index is 673. The Labute approximate surface area is 129 Å². The van der Waals surface area contributed by atoms with Crippen LogP contribution in [0.5, 0.6) is 0 Å². The molecule has 2 heterocycles. The molecule has 2 aromatic rings. The van der Waals surface area contributed by atoms with Crippen LogP contribution in [0.25, 0.3) is 10.2 Å². The summed E-state index contributed by atoms with van der Waals surface area (Å²) in [7, 11) is 1.90. The first-order chi connectivity index (χ1) is 10.1. The van der Waals surface area contributed by atoms with E-state index in [4.69, 9.17) is 5.73 Å². The Morgan fingerprint density at radius 2 is 2.05 bits per heavy atom. The average Bonchev–Trinajstić information content (AvgIpc) is 2.83. The Balaban J connectivity index is 1.91. The van der Waals surface area contributed by atoms with Crippen molar-refractivity contribution in [2.75, 3.05) is 12.8 Å². The molecule has 0 spiro atoms. The van der Waals surface area contributed by atoms with Gasteiger partial charge in [0.15, 0.2) is 0 Å². The summed E-state index contributed by atoms with van der Waals surface area (Å²) in [5.41, 5.74) is 7.71. The van der Waals surface area contributed by atoms with Crippen molar-refractivity contribution in [3.63, 3.8) is 0 Å². The molecule has 0 radical (unpaired) electrons. The van der Waals surface area contributed by atoms with Gasteiger partial charge in [-0.3, -0.25) is 4.79 Å². The summed E-state index contributed by atoms with van der Waals surface area (Å²) < 4.78 is 0. The van der Waals surface area contributed by atoms with Crippen molar-refractivity contribution in [2.45, 2.75) is 45.1 Å². The van der Waals surface area contributed by atoms with Gasteiger partial charge in [0.2, 0.25) is 0 Å². The summed E-state index contributed by atoms with van der Waals surface area (Å²) in [4.78, 5) is 20.6. The number of hydrogen-bond acceptors (Lipinski definition) is 4. The minimum atomic E-state index is 0.0417. The molecule has 0 atom stereocenters. The second kappa shape index (κ2) is 5.64. The van der Waals surface area contributed by atoms with E-state index >= 15 is 0 Å². The lowest BCUT2D eigenvalue weighted by Gasteiger charge is -2.31. The first kappa shape index (κ1) is 14.3. The number of carbonyl (C=O) groups excluding carboxylic acids is 1. The predicted octanol–water partition coefficient (Wildman–Crippen LogP) is 3.59. The van der Waals surface area contributed by atoms with Crippen LogP contribution >= 0.6 is 11.3 Å². The van der Waals surface area contributed by atoms with Gasteiger partial charge in [-0.15, -0.1) is 11.3 Å². The molecule has 2 aromatic heterocycles. The zero-order valence-corrected chi connectivity index (χ0v) is 13.4. The van der Waals surface area contributed by atoms with Crippen molar-refractivity contribution in [3.05, 3.63) is 22.7 Å². The maximum Gasteiger partial charge on any atom is 0.266 e. The smallest absolute Gasteiger partial charge is 0.266 e. The predicted molar refractivity (Wildman–Crippen MR) is 87.7 cm³/mol. The van der Waals surface area contributed by atoms with Crippen LogP contribution < -0.4 is 5.73 Å². The average molecular weight is 303 g/mol. The highest BCUT2D eigenvalue weighted by atomic mass is 32.1. The molecular formula is C16H21N3OS. The second-order valence-corrected chi connectivity index (χ2v) is 6.86. The number of nitrogen functional groups attached to an aromatic ring is 1. The van der Waals surface area contributed by atoms with E-state index in [0.717, 1.165) is 28.8 Å². The Kier molecular flexibility index (Phi) is 3.85. The Morgan fingerprint density at radius 1 is 1.33 bits per heavy atom. The molecule has 1 saturated carbocycles. The lowest BCUT2D eigenvalue weighted by molar-refractivity contribution is 0.0702. The lowest BCUT2D eigenvalue weighted by atomic mass is 9.94. The van der Waals surface area contributed by atoms with E-state index in [2.05, 4.69) is 4.98 Å². The van der Waals surface area contributed by atoms with E-state index in [1.807, 2.05) is 31.0 Å². The number of nitrogens with two attached hydrogens (primary N) is 1. The van der Waals surface area contributed by atoms with Crippen molar-refractivity contribution in [1.82, 2.24) is 9.88 Å². The molecule has 0 unspecified atom stereocenters. The molecule has 4 nitrogen and oxygen atoms in total. The number of rotatable bonds is 2. The van der Waals surface area contributed by atoms with Gasteiger partial charge in [-0.25, -0.2) is 4.98 Å². The number of nitrogens with zero attached hydrogens (tertiary/aromatic N) is 2. The van der Waals surface area contributed by atoms with Crippen LogP contribution in [-0.4, -0.2) is 28.9 Å². The van der Waals surface area contributed by atoms with Crippen molar-refractivity contribution < 1.29 is 4.79 Å². The third kappa shape index (κ3) is 2.62. The quantitative estimate of drug-likeness (QED) is 0.922. The van der Waals surface area contributed by atoms with E-state index in [1.54, 1.807) is 0 Å². The molecule has 0 aromatic carbocycles. The molecule has 1 aliphatic carbocycles. The number of pyridine rings is 1. The molecule has 112 valence electrons. The molecule has 0 bridgehead atoms. The van der Waals surface area contributed by atoms with Crippen LogP contribution in [0.3, 0.4) is 0 Å². The standard InChI is InChI=1S/C16H21N3OS/c1-10-8-9-12-13(17)14(21-15(12)18-10)16(20)19(2)11-6-4-3-5-7-11/h8-9,11H,3-7,17H2,1-2H3. The molecule has 2 N–H and O–H groups in total. The van der Waals surface area contributed by atoms with E-state index in [1.165, 1.54) is 30.6 Å². The first-order valence-corrected chi connectivity index (χ1v) is 8.32. The molecule has 5 heteroatoms. The minimum absolute atomic E-state index is 0.0417. The van der Waals surface area contributed by atoms with Crippen LogP contribution in [0.4, 0.5) is 5.69 Å². The van der Waals surface area contributed by atoms with Gasteiger partial charge in [-0.1, -0.05) is 19.3 Å². The van der Waals surface area contributed by atoms with Gasteiger partial charge in [0.25, 0.3) is 5.91 Å². The van der Waals surface area contributed by atoms with Gasteiger partial charge in [0.1, 0.15) is 9.71 Å². The Morgan fingerprint density at radius 3 is 2.76 bits per heavy atom. The summed E-state index contributed by atoms with van der Waals surface area (Å²) in [6.45, 7) is 1.95. The molecule has 0 saturated heterocycles. The SMILES string of the molecule is Cc1ccc2c(N)c(C(=O)N(C)C3CCCCC3)sc2n1. The molecule has 1 amide bonds. The third-order valence-electron chi connectivity index (χ3n) is 4.37. The van der Waals surface area contributed by atoms with Gasteiger partial charge >= 0.3 is 0 Å². The normalized spacial score (nSPS) is 16.3. The number of amides is 1. The second-order valence-electron chi connectivity index (χ2n) is 5.86. The van der Waals surface area contributed by atoms with E-state index < -0.39 is 0 Å². The summed E-state index contributed by atoms with van der Waals surface area (Å²) in [6.07, 6.45) is 5.91. The highest BCUT2D eigenvalue weighted by Gasteiger charge is 2.26. The van der Waals surface area contributed by atoms with Gasteiger partial charge < -0.3 is 10.6 Å². The summed E-state index contributed by atoms with van der Waals surface area (Å²) >= 11 is 1.41. The number of carbonyl (C=O) groups is 1. The van der Waals surface area contributed by atoms with E-state index in [9.17, 15) is 4.79 Å². The fraction of sp³-hybridized carbons (Fsp3) is 0.500. The zero-order chi connectivity index (χ0) is 15.0. The fourth-order valence-electron chi connectivity index (χ4n) is 3.04. The van der Waals surface area contributed by atoms with Crippen LogP contribution in [-0.2, 0) is 0 Å². The molecule has 3 rings (SSSR count). The monoisotopic (exact) mass is 303 g/mol. The zero-order valence-electron chi connectivity index (χ0n) is 12.6. The molecule has 0 aliphatic heterocycles. The van der Waals surface area contributed by atoms with Crippen molar-refractivity contribution in [1.29, 1.82) is 0 Å². The molecular weight excluding hydrogens is 282 g/mol. The maximum atomic E-state index is 12.7. The van der Waals surface area contributed by atoms with Crippen molar-refractivity contribution >= 4 is 33.1 Å². The van der Waals surface area contributed by atoms with Gasteiger partial charge in [0.05, 0.1) is 5.69 Å². The summed E-state index contributed by atoms with van der Waals surface area (Å²) in [5.74, 6) is 0.0417. The largest absolute Gasteiger partial charge is 0.397 e. The number of aromatic nitrogens is 1. The lowest BCUT2D eigenvalue weighted by Crippen LogP contribution is -2.38. The van der Waals surface area contributed by atoms with Crippen LogP contribution in [0.2, 0.25) is 0 Å². The van der Waals surface area contributed by atoms with E-state index in [0.29, 0.717) is 16.6 Å². The van der Waals surface area contributed by atoms with Crippen molar-refractivity contribution in [2.24, 2.45) is 0 Å². The Hall–Kier alpha value is -1.62. The summed E-state index contributed by atoms with van der Waals surface area (Å²) in [6, 6.07) is 4.25. The topological polar surface area (TPSA) is 59.2 Å². The van der Waals surface area contributed by atoms with Crippen LogP contribution in [0.15, 0.2) is 12.1 Å². The maximum absolute atomic E-state index is 12.7. The number of hydrogen-bond donors (Lipinski definition) is 1. The highest BCUT2D eigenvalue weighted by Crippen LogP contribution is 2.34. The molecule has 1 fully saturated rings.